The smallest absolute Gasteiger partial charge is 0.119 e. The topological polar surface area (TPSA) is 48.1 Å². The number of hydrogen-bond acceptors (Lipinski definition) is 4. The Morgan fingerprint density at radius 1 is 1.28 bits per heavy atom. The summed E-state index contributed by atoms with van der Waals surface area (Å²) < 4.78 is 5.27. The minimum Gasteiger partial charge on any atom is -0.497 e. The maximum Gasteiger partial charge on any atom is 0.119 e. The molecule has 2 N–H and O–H groups in total. The molecule has 0 amide bonds. The second-order valence-electron chi connectivity index (χ2n) is 4.35. The summed E-state index contributed by atoms with van der Waals surface area (Å²) in [5, 5.41) is 3.15. The van der Waals surface area contributed by atoms with Crippen LogP contribution < -0.4 is 10.5 Å². The van der Waals surface area contributed by atoms with E-state index in [0.717, 1.165) is 22.9 Å². The molecule has 3 nitrogen and oxygen atoms in total. The van der Waals surface area contributed by atoms with E-state index >= 15 is 0 Å². The molecule has 1 aromatic heterocycles. The number of rotatable bonds is 4. The van der Waals surface area contributed by atoms with E-state index in [1.807, 2.05) is 5.38 Å². The molecule has 0 aliphatic heterocycles. The van der Waals surface area contributed by atoms with Crippen LogP contribution in [0.4, 0.5) is 0 Å². The normalized spacial score (nSPS) is 10.7. The van der Waals surface area contributed by atoms with E-state index in [-0.39, 0.29) is 0 Å². The highest BCUT2D eigenvalue weighted by Crippen LogP contribution is 2.25. The number of benzene rings is 1. The second kappa shape index (κ2) is 5.50. The first kappa shape index (κ1) is 13.1. The summed E-state index contributed by atoms with van der Waals surface area (Å²) in [5.74, 6) is 0.913. The van der Waals surface area contributed by atoms with Crippen molar-refractivity contribution in [2.45, 2.75) is 26.8 Å². The van der Waals surface area contributed by atoms with Crippen molar-refractivity contribution < 1.29 is 4.74 Å². The number of aromatic nitrogens is 1. The second-order valence-corrected chi connectivity index (χ2v) is 5.30. The minimum absolute atomic E-state index is 0.511. The SMILES string of the molecule is COc1cc(C)c(Cc2nc(CN)cs2)c(C)c1. The molecule has 0 unspecified atom stereocenters. The predicted molar refractivity (Wildman–Crippen MR) is 75.3 cm³/mol. The maximum atomic E-state index is 5.58. The van der Waals surface area contributed by atoms with Crippen LogP contribution in [0.3, 0.4) is 0 Å². The lowest BCUT2D eigenvalue weighted by atomic mass is 10.00. The molecule has 0 saturated carbocycles. The molecule has 0 bridgehead atoms. The molecule has 1 heterocycles. The Morgan fingerprint density at radius 3 is 2.44 bits per heavy atom. The van der Waals surface area contributed by atoms with E-state index < -0.39 is 0 Å². The first-order valence-corrected chi connectivity index (χ1v) is 6.79. The average Bonchev–Trinajstić information content (AvgIpc) is 2.81. The first-order chi connectivity index (χ1) is 8.63. The van der Waals surface area contributed by atoms with Gasteiger partial charge in [-0.2, -0.15) is 0 Å². The third kappa shape index (κ3) is 2.71. The number of nitrogens with zero attached hydrogens (tertiary/aromatic N) is 1. The molecule has 18 heavy (non-hydrogen) atoms. The number of methoxy groups -OCH3 is 1. The lowest BCUT2D eigenvalue weighted by Crippen LogP contribution is -1.99. The van der Waals surface area contributed by atoms with Crippen molar-refractivity contribution in [3.05, 3.63) is 44.9 Å². The molecule has 0 saturated heterocycles. The Balaban J connectivity index is 2.28. The summed E-state index contributed by atoms with van der Waals surface area (Å²) in [5.41, 5.74) is 10.4. The number of hydrogen-bond donors (Lipinski definition) is 1. The van der Waals surface area contributed by atoms with Gasteiger partial charge in [0, 0.05) is 18.3 Å². The summed E-state index contributed by atoms with van der Waals surface area (Å²) >= 11 is 1.67. The van der Waals surface area contributed by atoms with Gasteiger partial charge in [0.1, 0.15) is 5.75 Å². The van der Waals surface area contributed by atoms with E-state index in [2.05, 4.69) is 31.0 Å². The van der Waals surface area contributed by atoms with Gasteiger partial charge in [-0.05, 0) is 42.7 Å². The Kier molecular flexibility index (Phi) is 3.99. The van der Waals surface area contributed by atoms with Crippen molar-refractivity contribution in [2.24, 2.45) is 5.73 Å². The van der Waals surface area contributed by atoms with Gasteiger partial charge in [0.25, 0.3) is 0 Å². The Hall–Kier alpha value is -1.39. The summed E-state index contributed by atoms with van der Waals surface area (Å²) in [6, 6.07) is 4.14. The van der Waals surface area contributed by atoms with Gasteiger partial charge < -0.3 is 10.5 Å². The molecule has 2 rings (SSSR count). The van der Waals surface area contributed by atoms with Crippen molar-refractivity contribution in [1.82, 2.24) is 4.98 Å². The van der Waals surface area contributed by atoms with Crippen molar-refractivity contribution >= 4 is 11.3 Å². The molecule has 2 aromatic rings. The molecular formula is C14H18N2OS. The van der Waals surface area contributed by atoms with Crippen LogP contribution in [0.2, 0.25) is 0 Å². The van der Waals surface area contributed by atoms with Crippen LogP contribution in [0.5, 0.6) is 5.75 Å². The summed E-state index contributed by atoms with van der Waals surface area (Å²) in [7, 11) is 1.70. The standard InChI is InChI=1S/C14H18N2OS/c1-9-4-12(17-3)5-10(2)13(9)6-14-16-11(7-15)8-18-14/h4-5,8H,6-7,15H2,1-3H3. The quantitative estimate of drug-likeness (QED) is 0.921. The van der Waals surface area contributed by atoms with Gasteiger partial charge in [0.05, 0.1) is 17.8 Å². The number of ether oxygens (including phenoxy) is 1. The van der Waals surface area contributed by atoms with Crippen LogP contribution in [0, 0.1) is 13.8 Å². The van der Waals surface area contributed by atoms with Crippen LogP contribution in [-0.4, -0.2) is 12.1 Å². The zero-order valence-electron chi connectivity index (χ0n) is 11.0. The highest BCUT2D eigenvalue weighted by molar-refractivity contribution is 7.09. The molecule has 4 heteroatoms. The van der Waals surface area contributed by atoms with Gasteiger partial charge in [-0.15, -0.1) is 11.3 Å². The van der Waals surface area contributed by atoms with Crippen LogP contribution in [0.25, 0.3) is 0 Å². The first-order valence-electron chi connectivity index (χ1n) is 5.91. The Morgan fingerprint density at radius 2 is 1.94 bits per heavy atom. The highest BCUT2D eigenvalue weighted by atomic mass is 32.1. The Bertz CT molecular complexity index is 525. The van der Waals surface area contributed by atoms with Gasteiger partial charge in [-0.3, -0.25) is 0 Å². The molecule has 0 radical (unpaired) electrons. The molecule has 0 spiro atoms. The largest absolute Gasteiger partial charge is 0.497 e. The van der Waals surface area contributed by atoms with E-state index in [1.54, 1.807) is 18.4 Å². The predicted octanol–water partition coefficient (Wildman–Crippen LogP) is 2.82. The third-order valence-electron chi connectivity index (χ3n) is 3.04. The zero-order valence-corrected chi connectivity index (χ0v) is 11.8. The lowest BCUT2D eigenvalue weighted by molar-refractivity contribution is 0.414. The fraction of sp³-hybridized carbons (Fsp3) is 0.357. The van der Waals surface area contributed by atoms with Crippen LogP contribution in [0.15, 0.2) is 17.5 Å². The molecule has 0 aliphatic rings. The van der Waals surface area contributed by atoms with Crippen molar-refractivity contribution in [3.63, 3.8) is 0 Å². The van der Waals surface area contributed by atoms with Gasteiger partial charge >= 0.3 is 0 Å². The number of nitrogens with two attached hydrogens (primary N) is 1. The van der Waals surface area contributed by atoms with Crippen molar-refractivity contribution in [2.75, 3.05) is 7.11 Å². The molecular weight excluding hydrogens is 244 g/mol. The van der Waals surface area contributed by atoms with E-state index in [4.69, 9.17) is 10.5 Å². The minimum atomic E-state index is 0.511. The van der Waals surface area contributed by atoms with Crippen molar-refractivity contribution in [3.8, 4) is 5.75 Å². The van der Waals surface area contributed by atoms with Gasteiger partial charge in [-0.25, -0.2) is 4.98 Å². The fourth-order valence-electron chi connectivity index (χ4n) is 2.03. The van der Waals surface area contributed by atoms with Crippen LogP contribution >= 0.6 is 11.3 Å². The maximum absolute atomic E-state index is 5.58. The van der Waals surface area contributed by atoms with Gasteiger partial charge in [0.2, 0.25) is 0 Å². The summed E-state index contributed by atoms with van der Waals surface area (Å²) in [6.07, 6.45) is 0.867. The van der Waals surface area contributed by atoms with E-state index in [1.165, 1.54) is 16.7 Å². The van der Waals surface area contributed by atoms with Crippen LogP contribution in [0.1, 0.15) is 27.4 Å². The highest BCUT2D eigenvalue weighted by Gasteiger charge is 2.09. The monoisotopic (exact) mass is 262 g/mol. The molecule has 1 aromatic carbocycles. The molecule has 0 aliphatic carbocycles. The molecule has 0 fully saturated rings. The number of thiazole rings is 1. The van der Waals surface area contributed by atoms with Crippen molar-refractivity contribution in [1.29, 1.82) is 0 Å². The van der Waals surface area contributed by atoms with Gasteiger partial charge in [-0.1, -0.05) is 0 Å². The van der Waals surface area contributed by atoms with Gasteiger partial charge in [0.15, 0.2) is 0 Å². The fourth-order valence-corrected chi connectivity index (χ4v) is 2.84. The lowest BCUT2D eigenvalue weighted by Gasteiger charge is -2.11. The summed E-state index contributed by atoms with van der Waals surface area (Å²) in [6.45, 7) is 4.74. The van der Waals surface area contributed by atoms with Crippen LogP contribution in [-0.2, 0) is 13.0 Å². The molecule has 0 atom stereocenters. The Labute approximate surface area is 112 Å². The van der Waals surface area contributed by atoms with E-state index in [0.29, 0.717) is 6.54 Å². The van der Waals surface area contributed by atoms with E-state index in [9.17, 15) is 0 Å². The summed E-state index contributed by atoms with van der Waals surface area (Å²) in [4.78, 5) is 4.51. The third-order valence-corrected chi connectivity index (χ3v) is 3.94. The number of aryl methyl sites for hydroxylation is 2. The molecule has 96 valence electrons. The zero-order chi connectivity index (χ0) is 13.1. The average molecular weight is 262 g/mol.